The van der Waals surface area contributed by atoms with Crippen molar-refractivity contribution in [1.82, 2.24) is 9.88 Å². The Kier molecular flexibility index (Phi) is 2.79. The first kappa shape index (κ1) is 13.0. The minimum Gasteiger partial charge on any atom is -0.371 e. The van der Waals surface area contributed by atoms with Crippen LogP contribution < -0.4 is 10.2 Å². The summed E-state index contributed by atoms with van der Waals surface area (Å²) in [6.07, 6.45) is 2.84. The Morgan fingerprint density at radius 2 is 2.09 bits per heavy atom. The molecule has 1 aromatic carbocycles. The highest BCUT2D eigenvalue weighted by Gasteiger charge is 2.35. The van der Waals surface area contributed by atoms with E-state index >= 15 is 0 Å². The van der Waals surface area contributed by atoms with E-state index in [1.54, 1.807) is 5.56 Å². The molecule has 2 saturated heterocycles. The number of hydrogen-bond donors (Lipinski definition) is 1. The number of rotatable bonds is 1. The van der Waals surface area contributed by atoms with Gasteiger partial charge in [0.1, 0.15) is 5.82 Å². The lowest BCUT2D eigenvalue weighted by Crippen LogP contribution is -2.39. The molecule has 5 heterocycles. The second-order valence-electron chi connectivity index (χ2n) is 6.90. The fourth-order valence-electron chi connectivity index (χ4n) is 4.62. The molecular weight excluding hydrogens is 274 g/mol. The van der Waals surface area contributed by atoms with Crippen LogP contribution in [0.3, 0.4) is 0 Å². The number of morpholine rings is 1. The molecule has 0 spiro atoms. The van der Waals surface area contributed by atoms with Gasteiger partial charge in [0.15, 0.2) is 0 Å². The van der Waals surface area contributed by atoms with E-state index in [2.05, 4.69) is 40.0 Å². The van der Waals surface area contributed by atoms with Crippen LogP contribution in [0.15, 0.2) is 18.2 Å². The quantitative estimate of drug-likeness (QED) is 0.877. The third-order valence-corrected chi connectivity index (χ3v) is 5.73. The lowest BCUT2D eigenvalue weighted by atomic mass is 9.84. The molecule has 1 atom stereocenters. The lowest BCUT2D eigenvalue weighted by Gasteiger charge is -2.41. The van der Waals surface area contributed by atoms with Crippen molar-refractivity contribution in [2.45, 2.75) is 24.9 Å². The fourth-order valence-corrected chi connectivity index (χ4v) is 4.62. The molecule has 22 heavy (non-hydrogen) atoms. The van der Waals surface area contributed by atoms with E-state index < -0.39 is 0 Å². The molecular formula is C18H23N3O. The molecule has 116 valence electrons. The van der Waals surface area contributed by atoms with Crippen LogP contribution in [0.1, 0.15) is 36.0 Å². The van der Waals surface area contributed by atoms with Gasteiger partial charge in [-0.2, -0.15) is 0 Å². The Hall–Kier alpha value is -1.52. The van der Waals surface area contributed by atoms with Crippen LogP contribution in [-0.2, 0) is 11.8 Å². The van der Waals surface area contributed by atoms with Gasteiger partial charge in [-0.1, -0.05) is 6.07 Å². The Morgan fingerprint density at radius 3 is 2.86 bits per heavy atom. The summed E-state index contributed by atoms with van der Waals surface area (Å²) in [5, 5.41) is 4.89. The molecule has 1 N–H and O–H groups in total. The van der Waals surface area contributed by atoms with Crippen LogP contribution in [0, 0.1) is 0 Å². The highest BCUT2D eigenvalue weighted by molar-refractivity contribution is 5.92. The minimum atomic E-state index is 0.204. The first-order chi connectivity index (χ1) is 10.8. The van der Waals surface area contributed by atoms with E-state index in [0.717, 1.165) is 25.6 Å². The molecule has 1 aromatic heterocycles. The van der Waals surface area contributed by atoms with Crippen LogP contribution in [0.2, 0.25) is 0 Å². The third kappa shape index (κ3) is 1.71. The summed E-state index contributed by atoms with van der Waals surface area (Å²) >= 11 is 0. The van der Waals surface area contributed by atoms with Crippen LogP contribution in [-0.4, -0.2) is 37.4 Å². The van der Waals surface area contributed by atoms with Gasteiger partial charge in [-0.05, 0) is 36.5 Å². The summed E-state index contributed by atoms with van der Waals surface area (Å²) in [6, 6.07) is 6.94. The van der Waals surface area contributed by atoms with Gasteiger partial charge in [0, 0.05) is 49.7 Å². The molecule has 0 aliphatic carbocycles. The van der Waals surface area contributed by atoms with E-state index in [1.165, 1.54) is 48.2 Å². The number of nitrogens with zero attached hydrogens (tertiary/aromatic N) is 2. The van der Waals surface area contributed by atoms with E-state index in [1.807, 2.05) is 0 Å². The van der Waals surface area contributed by atoms with E-state index in [4.69, 9.17) is 4.74 Å². The zero-order valence-corrected chi connectivity index (χ0v) is 13.1. The first-order valence-corrected chi connectivity index (χ1v) is 8.52. The molecule has 1 unspecified atom stereocenters. The zero-order valence-electron chi connectivity index (χ0n) is 13.1. The van der Waals surface area contributed by atoms with E-state index in [9.17, 15) is 0 Å². The Labute approximate surface area is 131 Å². The maximum atomic E-state index is 5.95. The summed E-state index contributed by atoms with van der Waals surface area (Å²) in [4.78, 5) is 2.58. The van der Waals surface area contributed by atoms with Gasteiger partial charge in [-0.25, -0.2) is 0 Å². The second kappa shape index (κ2) is 4.74. The summed E-state index contributed by atoms with van der Waals surface area (Å²) in [6.45, 7) is 5.16. The van der Waals surface area contributed by atoms with Crippen molar-refractivity contribution in [1.29, 1.82) is 0 Å². The molecule has 4 aliphatic rings. The molecule has 2 fully saturated rings. The second-order valence-corrected chi connectivity index (χ2v) is 6.90. The molecule has 0 radical (unpaired) electrons. The van der Waals surface area contributed by atoms with Crippen molar-refractivity contribution >= 4 is 16.7 Å². The Bertz CT molecular complexity index is 721. The molecule has 0 amide bonds. The average molecular weight is 297 g/mol. The molecule has 4 aliphatic heterocycles. The molecule has 6 rings (SSSR count). The maximum Gasteiger partial charge on any atom is 0.112 e. The van der Waals surface area contributed by atoms with Gasteiger partial charge in [0.25, 0.3) is 0 Å². The van der Waals surface area contributed by atoms with Gasteiger partial charge < -0.3 is 19.5 Å². The van der Waals surface area contributed by atoms with Gasteiger partial charge in [-0.3, -0.25) is 0 Å². The van der Waals surface area contributed by atoms with Crippen LogP contribution in [0.5, 0.6) is 0 Å². The largest absolute Gasteiger partial charge is 0.371 e. The third-order valence-electron chi connectivity index (χ3n) is 5.73. The molecule has 0 saturated carbocycles. The monoisotopic (exact) mass is 297 g/mol. The Morgan fingerprint density at radius 1 is 1.23 bits per heavy atom. The van der Waals surface area contributed by atoms with Crippen LogP contribution in [0.4, 0.5) is 5.82 Å². The number of benzene rings is 1. The van der Waals surface area contributed by atoms with E-state index in [-0.39, 0.29) is 6.10 Å². The summed E-state index contributed by atoms with van der Waals surface area (Å²) in [7, 11) is 2.22. The number of aryl methyl sites for hydroxylation is 1. The molecule has 4 heteroatoms. The SMILES string of the molecule is Cn1c2c(c3cc(C4CNCCO4)ccc31)C1CCN2CC1. The molecule has 4 nitrogen and oxygen atoms in total. The minimum absolute atomic E-state index is 0.204. The average Bonchev–Trinajstić information content (AvgIpc) is 2.92. The van der Waals surface area contributed by atoms with Crippen molar-refractivity contribution in [3.63, 3.8) is 0 Å². The number of nitrogens with one attached hydrogen (secondary N) is 1. The van der Waals surface area contributed by atoms with Crippen molar-refractivity contribution in [3.05, 3.63) is 29.3 Å². The standard InChI is InChI=1S/C18H23N3O/c1-20-15-3-2-13(16-11-19-6-9-22-16)10-14(15)17-12-4-7-21(8-5-12)18(17)20/h2-3,10,12,16,19H,4-9,11H2,1H3. The highest BCUT2D eigenvalue weighted by Crippen LogP contribution is 2.47. The van der Waals surface area contributed by atoms with Gasteiger partial charge in [-0.15, -0.1) is 0 Å². The predicted octanol–water partition coefficient (Wildman–Crippen LogP) is 2.54. The smallest absolute Gasteiger partial charge is 0.112 e. The summed E-state index contributed by atoms with van der Waals surface area (Å²) in [5.41, 5.74) is 4.29. The number of ether oxygens (including phenoxy) is 1. The van der Waals surface area contributed by atoms with Crippen molar-refractivity contribution < 1.29 is 4.74 Å². The summed E-state index contributed by atoms with van der Waals surface area (Å²) in [5.74, 6) is 2.22. The molecule has 2 bridgehead atoms. The number of fused-ring (bicyclic) bond motifs is 3. The zero-order chi connectivity index (χ0) is 14.7. The highest BCUT2D eigenvalue weighted by atomic mass is 16.5. The van der Waals surface area contributed by atoms with Crippen molar-refractivity contribution in [2.75, 3.05) is 37.7 Å². The number of piperidine rings is 1. The first-order valence-electron chi connectivity index (χ1n) is 8.52. The topological polar surface area (TPSA) is 29.4 Å². The number of anilines is 1. The van der Waals surface area contributed by atoms with Crippen molar-refractivity contribution in [2.24, 2.45) is 7.05 Å². The van der Waals surface area contributed by atoms with Crippen LogP contribution >= 0.6 is 0 Å². The normalized spacial score (nSPS) is 25.0. The van der Waals surface area contributed by atoms with Gasteiger partial charge >= 0.3 is 0 Å². The summed E-state index contributed by atoms with van der Waals surface area (Å²) < 4.78 is 8.35. The fraction of sp³-hybridized carbons (Fsp3) is 0.556. The number of aromatic nitrogens is 1. The van der Waals surface area contributed by atoms with Crippen LogP contribution in [0.25, 0.3) is 10.9 Å². The number of hydrogen-bond acceptors (Lipinski definition) is 3. The van der Waals surface area contributed by atoms with Gasteiger partial charge in [0.05, 0.1) is 12.7 Å². The van der Waals surface area contributed by atoms with E-state index in [0.29, 0.717) is 0 Å². The Balaban J connectivity index is 1.68. The lowest BCUT2D eigenvalue weighted by molar-refractivity contribution is 0.0278. The predicted molar refractivity (Wildman–Crippen MR) is 88.7 cm³/mol. The maximum absolute atomic E-state index is 5.95. The molecule has 2 aromatic rings. The van der Waals surface area contributed by atoms with Crippen molar-refractivity contribution in [3.8, 4) is 0 Å². The van der Waals surface area contributed by atoms with Gasteiger partial charge in [0.2, 0.25) is 0 Å².